The Balaban J connectivity index is 2.37. The van der Waals surface area contributed by atoms with Crippen molar-refractivity contribution in [1.82, 2.24) is 5.32 Å². The summed E-state index contributed by atoms with van der Waals surface area (Å²) in [5, 5.41) is 3.14. The summed E-state index contributed by atoms with van der Waals surface area (Å²) in [6.07, 6.45) is 0.912. The molecule has 0 amide bonds. The Morgan fingerprint density at radius 1 is 1.50 bits per heavy atom. The predicted octanol–water partition coefficient (Wildman–Crippen LogP) is 0.938. The largest absolute Gasteiger partial charge is 0.460 e. The molecule has 0 aromatic heterocycles. The minimum Gasteiger partial charge on any atom is -0.460 e. The molecule has 0 bridgehead atoms. The lowest BCUT2D eigenvalue weighted by molar-refractivity contribution is -0.159. The van der Waals surface area contributed by atoms with Crippen molar-refractivity contribution < 1.29 is 9.53 Å². The van der Waals surface area contributed by atoms with Crippen molar-refractivity contribution in [2.24, 2.45) is 5.92 Å². The Morgan fingerprint density at radius 2 is 2.17 bits per heavy atom. The molecule has 3 heteroatoms. The molecule has 0 unspecified atom stereocenters. The van der Waals surface area contributed by atoms with Crippen LogP contribution in [0.25, 0.3) is 0 Å². The normalized spacial score (nSPS) is 24.1. The highest BCUT2D eigenvalue weighted by Crippen LogP contribution is 2.15. The molecule has 1 rings (SSSR count). The molecule has 1 aliphatic heterocycles. The van der Waals surface area contributed by atoms with Gasteiger partial charge >= 0.3 is 5.97 Å². The zero-order valence-corrected chi connectivity index (χ0v) is 8.02. The summed E-state index contributed by atoms with van der Waals surface area (Å²) < 4.78 is 5.24. The molecule has 0 saturated carbocycles. The highest BCUT2D eigenvalue weighted by molar-refractivity contribution is 5.73. The fraction of sp³-hybridized carbons (Fsp3) is 0.889. The van der Waals surface area contributed by atoms with E-state index >= 15 is 0 Å². The van der Waals surface area contributed by atoms with Crippen molar-refractivity contribution in [3.63, 3.8) is 0 Å². The van der Waals surface area contributed by atoms with Crippen LogP contribution in [0.4, 0.5) is 0 Å². The zero-order chi connectivity index (χ0) is 9.19. The quantitative estimate of drug-likeness (QED) is 0.597. The van der Waals surface area contributed by atoms with Gasteiger partial charge in [0.1, 0.15) is 5.60 Å². The van der Waals surface area contributed by atoms with E-state index in [1.807, 2.05) is 20.8 Å². The molecule has 3 nitrogen and oxygen atoms in total. The molecule has 0 radical (unpaired) electrons. The number of carbonyl (C=O) groups excluding carboxylic acids is 1. The van der Waals surface area contributed by atoms with Gasteiger partial charge in [-0.2, -0.15) is 0 Å². The van der Waals surface area contributed by atoms with Crippen LogP contribution < -0.4 is 5.32 Å². The second-order valence-electron chi connectivity index (χ2n) is 4.22. The minimum absolute atomic E-state index is 0.0625. The summed E-state index contributed by atoms with van der Waals surface area (Å²) in [6, 6.07) is 0. The molecule has 1 aliphatic rings. The summed E-state index contributed by atoms with van der Waals surface area (Å²) in [7, 11) is 0. The summed E-state index contributed by atoms with van der Waals surface area (Å²) in [6.45, 7) is 7.40. The van der Waals surface area contributed by atoms with Crippen LogP contribution in [0.2, 0.25) is 0 Å². The standard InChI is InChI=1S/C9H17NO2/c1-9(2,3)12-8(11)7-4-5-10-6-7/h7,10H,4-6H2,1-3H3/t7-/m1/s1. The van der Waals surface area contributed by atoms with E-state index in [0.29, 0.717) is 0 Å². The van der Waals surface area contributed by atoms with Crippen molar-refractivity contribution in [3.05, 3.63) is 0 Å². The molecule has 1 atom stereocenters. The Bertz CT molecular complexity index is 166. The second-order valence-corrected chi connectivity index (χ2v) is 4.22. The summed E-state index contributed by atoms with van der Waals surface area (Å²) in [4.78, 5) is 11.4. The van der Waals surface area contributed by atoms with Gasteiger partial charge in [-0.15, -0.1) is 0 Å². The van der Waals surface area contributed by atoms with Gasteiger partial charge in [0.25, 0.3) is 0 Å². The molecule has 1 heterocycles. The first-order chi connectivity index (χ1) is 5.49. The number of nitrogens with one attached hydrogen (secondary N) is 1. The summed E-state index contributed by atoms with van der Waals surface area (Å²) >= 11 is 0. The Kier molecular flexibility index (Phi) is 2.73. The summed E-state index contributed by atoms with van der Waals surface area (Å²) in [5.74, 6) is 0.0109. The van der Waals surface area contributed by atoms with Gasteiger partial charge in [-0.25, -0.2) is 0 Å². The van der Waals surface area contributed by atoms with E-state index in [4.69, 9.17) is 4.74 Å². The van der Waals surface area contributed by atoms with Crippen LogP contribution in [0.3, 0.4) is 0 Å². The molecule has 1 N–H and O–H groups in total. The third-order valence-corrected chi connectivity index (χ3v) is 1.80. The third-order valence-electron chi connectivity index (χ3n) is 1.80. The van der Waals surface area contributed by atoms with Crippen molar-refractivity contribution >= 4 is 5.97 Å². The van der Waals surface area contributed by atoms with Crippen LogP contribution >= 0.6 is 0 Å². The molecule has 0 aromatic rings. The van der Waals surface area contributed by atoms with Crippen LogP contribution in [0.5, 0.6) is 0 Å². The van der Waals surface area contributed by atoms with E-state index in [9.17, 15) is 4.79 Å². The lowest BCUT2D eigenvalue weighted by Crippen LogP contribution is -2.29. The van der Waals surface area contributed by atoms with E-state index in [1.54, 1.807) is 0 Å². The molecular formula is C9H17NO2. The topological polar surface area (TPSA) is 38.3 Å². The van der Waals surface area contributed by atoms with Crippen molar-refractivity contribution in [2.75, 3.05) is 13.1 Å². The van der Waals surface area contributed by atoms with Crippen molar-refractivity contribution in [3.8, 4) is 0 Å². The van der Waals surface area contributed by atoms with Gasteiger partial charge in [-0.05, 0) is 33.7 Å². The van der Waals surface area contributed by atoms with E-state index < -0.39 is 0 Å². The molecule has 70 valence electrons. The first kappa shape index (κ1) is 9.52. The van der Waals surface area contributed by atoms with Crippen LogP contribution in [-0.2, 0) is 9.53 Å². The number of rotatable bonds is 1. The van der Waals surface area contributed by atoms with Crippen LogP contribution in [0.15, 0.2) is 0 Å². The average molecular weight is 171 g/mol. The first-order valence-electron chi connectivity index (χ1n) is 4.42. The SMILES string of the molecule is CC(C)(C)OC(=O)[C@@H]1CCNC1. The average Bonchev–Trinajstić information content (AvgIpc) is 2.32. The predicted molar refractivity (Wildman–Crippen MR) is 46.8 cm³/mol. The fourth-order valence-corrected chi connectivity index (χ4v) is 1.24. The van der Waals surface area contributed by atoms with Gasteiger partial charge < -0.3 is 10.1 Å². The molecule has 1 fully saturated rings. The van der Waals surface area contributed by atoms with Gasteiger partial charge in [-0.1, -0.05) is 0 Å². The lowest BCUT2D eigenvalue weighted by atomic mass is 10.1. The second kappa shape index (κ2) is 3.44. The zero-order valence-electron chi connectivity index (χ0n) is 8.02. The first-order valence-corrected chi connectivity index (χ1v) is 4.42. The Morgan fingerprint density at radius 3 is 2.58 bits per heavy atom. The smallest absolute Gasteiger partial charge is 0.310 e. The maximum absolute atomic E-state index is 11.4. The van der Waals surface area contributed by atoms with Crippen LogP contribution in [0.1, 0.15) is 27.2 Å². The monoisotopic (exact) mass is 171 g/mol. The molecule has 1 saturated heterocycles. The molecule has 12 heavy (non-hydrogen) atoms. The van der Waals surface area contributed by atoms with Crippen molar-refractivity contribution in [2.45, 2.75) is 32.8 Å². The van der Waals surface area contributed by atoms with Gasteiger partial charge in [-0.3, -0.25) is 4.79 Å². The van der Waals surface area contributed by atoms with Crippen molar-refractivity contribution in [1.29, 1.82) is 0 Å². The molecule has 0 spiro atoms. The van der Waals surface area contributed by atoms with E-state index in [2.05, 4.69) is 5.32 Å². The van der Waals surface area contributed by atoms with E-state index in [-0.39, 0.29) is 17.5 Å². The van der Waals surface area contributed by atoms with Gasteiger partial charge in [0.2, 0.25) is 0 Å². The van der Waals surface area contributed by atoms with Gasteiger partial charge in [0, 0.05) is 6.54 Å². The Hall–Kier alpha value is -0.570. The molecular weight excluding hydrogens is 154 g/mol. The lowest BCUT2D eigenvalue weighted by Gasteiger charge is -2.21. The number of esters is 1. The highest BCUT2D eigenvalue weighted by atomic mass is 16.6. The Labute approximate surface area is 73.5 Å². The number of hydrogen-bond donors (Lipinski definition) is 1. The number of hydrogen-bond acceptors (Lipinski definition) is 3. The number of ether oxygens (including phenoxy) is 1. The van der Waals surface area contributed by atoms with Gasteiger partial charge in [0.15, 0.2) is 0 Å². The third kappa shape index (κ3) is 2.81. The maximum Gasteiger partial charge on any atom is 0.310 e. The van der Waals surface area contributed by atoms with E-state index in [1.165, 1.54) is 0 Å². The van der Waals surface area contributed by atoms with E-state index in [0.717, 1.165) is 19.5 Å². The van der Waals surface area contributed by atoms with Crippen LogP contribution in [-0.4, -0.2) is 24.7 Å². The highest BCUT2D eigenvalue weighted by Gasteiger charge is 2.27. The number of carbonyl (C=O) groups is 1. The molecule has 0 aromatic carbocycles. The fourth-order valence-electron chi connectivity index (χ4n) is 1.24. The van der Waals surface area contributed by atoms with Gasteiger partial charge in [0.05, 0.1) is 5.92 Å². The molecule has 0 aliphatic carbocycles. The maximum atomic E-state index is 11.4. The minimum atomic E-state index is -0.348. The van der Waals surface area contributed by atoms with Crippen LogP contribution in [0, 0.1) is 5.92 Å². The summed E-state index contributed by atoms with van der Waals surface area (Å²) in [5.41, 5.74) is -0.348.